The van der Waals surface area contributed by atoms with Gasteiger partial charge in [-0.3, -0.25) is 0 Å². The molecule has 0 N–H and O–H groups in total. The van der Waals surface area contributed by atoms with Gasteiger partial charge < -0.3 is 0 Å². The SMILES string of the molecule is CC[C]1CCCCCC1. The maximum atomic E-state index is 2.29. The first-order valence-corrected chi connectivity index (χ1v) is 4.27. The zero-order valence-electron chi connectivity index (χ0n) is 6.45. The van der Waals surface area contributed by atoms with Crippen LogP contribution in [-0.4, -0.2) is 0 Å². The molecular weight excluding hydrogens is 108 g/mol. The lowest BCUT2D eigenvalue weighted by Crippen LogP contribution is -1.91. The molecule has 9 heavy (non-hydrogen) atoms. The average molecular weight is 125 g/mol. The Balaban J connectivity index is 2.18. The Morgan fingerprint density at radius 2 is 1.56 bits per heavy atom. The van der Waals surface area contributed by atoms with Crippen molar-refractivity contribution in [2.75, 3.05) is 0 Å². The lowest BCUT2D eigenvalue weighted by molar-refractivity contribution is 0.688. The molecule has 0 spiro atoms. The van der Waals surface area contributed by atoms with Gasteiger partial charge in [-0.2, -0.15) is 0 Å². The summed E-state index contributed by atoms with van der Waals surface area (Å²) < 4.78 is 0. The summed E-state index contributed by atoms with van der Waals surface area (Å²) in [4.78, 5) is 0. The van der Waals surface area contributed by atoms with Crippen molar-refractivity contribution >= 4 is 0 Å². The van der Waals surface area contributed by atoms with E-state index in [0.29, 0.717) is 0 Å². The van der Waals surface area contributed by atoms with E-state index < -0.39 is 0 Å². The van der Waals surface area contributed by atoms with Gasteiger partial charge >= 0.3 is 0 Å². The van der Waals surface area contributed by atoms with Gasteiger partial charge in [-0.25, -0.2) is 0 Å². The van der Waals surface area contributed by atoms with Crippen molar-refractivity contribution < 1.29 is 0 Å². The third kappa shape index (κ3) is 2.38. The van der Waals surface area contributed by atoms with Crippen molar-refractivity contribution in [1.29, 1.82) is 0 Å². The van der Waals surface area contributed by atoms with Gasteiger partial charge in [0.1, 0.15) is 0 Å². The van der Waals surface area contributed by atoms with Gasteiger partial charge in [0, 0.05) is 0 Å². The molecule has 1 radical (unpaired) electrons. The van der Waals surface area contributed by atoms with E-state index in [1.165, 1.54) is 44.9 Å². The van der Waals surface area contributed by atoms with Crippen LogP contribution in [0.25, 0.3) is 0 Å². The molecular formula is C9H17. The molecule has 0 aromatic carbocycles. The predicted octanol–water partition coefficient (Wildman–Crippen LogP) is 3.33. The van der Waals surface area contributed by atoms with E-state index >= 15 is 0 Å². The van der Waals surface area contributed by atoms with E-state index in [9.17, 15) is 0 Å². The van der Waals surface area contributed by atoms with Crippen LogP contribution in [0, 0.1) is 5.92 Å². The van der Waals surface area contributed by atoms with Crippen molar-refractivity contribution in [1.82, 2.24) is 0 Å². The third-order valence-corrected chi connectivity index (χ3v) is 2.31. The highest BCUT2D eigenvalue weighted by Gasteiger charge is 2.09. The maximum Gasteiger partial charge on any atom is -0.0244 e. The number of rotatable bonds is 1. The van der Waals surface area contributed by atoms with Crippen LogP contribution < -0.4 is 0 Å². The van der Waals surface area contributed by atoms with Gasteiger partial charge in [-0.05, 0) is 25.2 Å². The smallest absolute Gasteiger partial charge is 0.0244 e. The summed E-state index contributed by atoms with van der Waals surface area (Å²) in [6, 6.07) is 0. The van der Waals surface area contributed by atoms with Crippen LogP contribution in [0.5, 0.6) is 0 Å². The Kier molecular flexibility index (Phi) is 3.10. The fourth-order valence-corrected chi connectivity index (χ4v) is 1.58. The van der Waals surface area contributed by atoms with Crippen molar-refractivity contribution in [2.45, 2.75) is 51.9 Å². The first kappa shape index (κ1) is 7.11. The topological polar surface area (TPSA) is 0 Å². The Hall–Kier alpha value is 0. The predicted molar refractivity (Wildman–Crippen MR) is 41.2 cm³/mol. The fourth-order valence-electron chi connectivity index (χ4n) is 1.58. The Morgan fingerprint density at radius 1 is 1.00 bits per heavy atom. The second kappa shape index (κ2) is 3.92. The van der Waals surface area contributed by atoms with E-state index in [-0.39, 0.29) is 0 Å². The standard InChI is InChI=1S/C9H17/c1-2-9-7-5-3-4-6-8-9/h2-8H2,1H3. The zero-order valence-corrected chi connectivity index (χ0v) is 6.45. The average Bonchev–Trinajstić information content (AvgIpc) is 2.13. The van der Waals surface area contributed by atoms with Gasteiger partial charge in [-0.15, -0.1) is 0 Å². The molecule has 1 rings (SSSR count). The summed E-state index contributed by atoms with van der Waals surface area (Å²) in [5, 5.41) is 0. The summed E-state index contributed by atoms with van der Waals surface area (Å²) in [5.41, 5.74) is 0. The quantitative estimate of drug-likeness (QED) is 0.471. The minimum Gasteiger partial charge on any atom is -0.0648 e. The van der Waals surface area contributed by atoms with Crippen molar-refractivity contribution in [3.63, 3.8) is 0 Å². The highest BCUT2D eigenvalue weighted by molar-refractivity contribution is 4.89. The van der Waals surface area contributed by atoms with Crippen LogP contribution in [0.3, 0.4) is 0 Å². The van der Waals surface area contributed by atoms with Gasteiger partial charge in [0.15, 0.2) is 0 Å². The minimum absolute atomic E-state index is 1.33. The zero-order chi connectivity index (χ0) is 6.53. The molecule has 0 bridgehead atoms. The summed E-state index contributed by atoms with van der Waals surface area (Å²) in [5.74, 6) is 1.81. The molecule has 0 heteroatoms. The van der Waals surface area contributed by atoms with E-state index in [1.807, 2.05) is 5.92 Å². The lowest BCUT2D eigenvalue weighted by Gasteiger charge is -2.07. The van der Waals surface area contributed by atoms with Crippen molar-refractivity contribution in [2.24, 2.45) is 0 Å². The number of hydrogen-bond donors (Lipinski definition) is 0. The lowest BCUT2D eigenvalue weighted by atomic mass is 9.98. The Labute approximate surface area is 58.7 Å². The molecule has 0 unspecified atom stereocenters. The van der Waals surface area contributed by atoms with E-state index in [2.05, 4.69) is 6.92 Å². The normalized spacial score (nSPS) is 23.7. The molecule has 0 nitrogen and oxygen atoms in total. The molecule has 1 aliphatic rings. The molecule has 0 heterocycles. The van der Waals surface area contributed by atoms with E-state index in [1.54, 1.807) is 0 Å². The summed E-state index contributed by atoms with van der Waals surface area (Å²) >= 11 is 0. The minimum atomic E-state index is 1.33. The second-order valence-electron chi connectivity index (χ2n) is 3.02. The summed E-state index contributed by atoms with van der Waals surface area (Å²) in [6.45, 7) is 2.29. The molecule has 0 aliphatic heterocycles. The molecule has 0 amide bonds. The van der Waals surface area contributed by atoms with E-state index in [0.717, 1.165) is 0 Å². The van der Waals surface area contributed by atoms with Crippen LogP contribution in [0.4, 0.5) is 0 Å². The van der Waals surface area contributed by atoms with Crippen LogP contribution in [0.2, 0.25) is 0 Å². The second-order valence-corrected chi connectivity index (χ2v) is 3.02. The van der Waals surface area contributed by atoms with Crippen molar-refractivity contribution in [3.8, 4) is 0 Å². The molecule has 1 saturated carbocycles. The molecule has 53 valence electrons. The maximum absolute atomic E-state index is 2.29. The molecule has 1 aliphatic carbocycles. The summed E-state index contributed by atoms with van der Waals surface area (Å²) in [6.07, 6.45) is 10.1. The highest BCUT2D eigenvalue weighted by atomic mass is 14.1. The monoisotopic (exact) mass is 125 g/mol. The van der Waals surface area contributed by atoms with Crippen molar-refractivity contribution in [3.05, 3.63) is 5.92 Å². The number of hydrogen-bond acceptors (Lipinski definition) is 0. The molecule has 0 aromatic heterocycles. The summed E-state index contributed by atoms with van der Waals surface area (Å²) in [7, 11) is 0. The Bertz CT molecular complexity index is 58.4. The van der Waals surface area contributed by atoms with Crippen LogP contribution in [0.15, 0.2) is 0 Å². The van der Waals surface area contributed by atoms with E-state index in [4.69, 9.17) is 0 Å². The van der Waals surface area contributed by atoms with Crippen LogP contribution in [-0.2, 0) is 0 Å². The molecule has 1 fully saturated rings. The molecule has 0 aromatic rings. The molecule has 0 saturated heterocycles. The largest absolute Gasteiger partial charge is 0.0648 e. The van der Waals surface area contributed by atoms with Crippen LogP contribution >= 0.6 is 0 Å². The Morgan fingerprint density at radius 3 is 2.00 bits per heavy atom. The first-order valence-electron chi connectivity index (χ1n) is 4.27. The first-order chi connectivity index (χ1) is 4.43. The van der Waals surface area contributed by atoms with Gasteiger partial charge in [0.05, 0.1) is 0 Å². The highest BCUT2D eigenvalue weighted by Crippen LogP contribution is 2.26. The fraction of sp³-hybridized carbons (Fsp3) is 0.889. The van der Waals surface area contributed by atoms with Crippen LogP contribution in [0.1, 0.15) is 51.9 Å². The van der Waals surface area contributed by atoms with Gasteiger partial charge in [0.2, 0.25) is 0 Å². The van der Waals surface area contributed by atoms with Gasteiger partial charge in [0.25, 0.3) is 0 Å². The van der Waals surface area contributed by atoms with Gasteiger partial charge in [-0.1, -0.05) is 32.6 Å². The third-order valence-electron chi connectivity index (χ3n) is 2.31. The molecule has 0 atom stereocenters.